The molecule has 2 fully saturated rings. The van der Waals surface area contributed by atoms with Gasteiger partial charge < -0.3 is 19.6 Å². The SMILES string of the molecule is CC1OC2(CCN(CC(O)c3ccccc3)CC2)CN(c2ccccc2)C1=O. The Hall–Kier alpha value is -2.21. The number of nitrogens with zero attached hydrogens (tertiary/aromatic N) is 2. The summed E-state index contributed by atoms with van der Waals surface area (Å²) in [5.74, 6) is 0.0266. The monoisotopic (exact) mass is 380 g/mol. The molecule has 0 aliphatic carbocycles. The van der Waals surface area contributed by atoms with E-state index < -0.39 is 12.2 Å². The van der Waals surface area contributed by atoms with Crippen molar-refractivity contribution in [3.63, 3.8) is 0 Å². The topological polar surface area (TPSA) is 53.0 Å². The molecule has 2 aliphatic heterocycles. The number of benzene rings is 2. The molecule has 2 saturated heterocycles. The molecule has 5 heteroatoms. The molecule has 0 aromatic heterocycles. The normalized spacial score (nSPS) is 23.7. The first-order valence-corrected chi connectivity index (χ1v) is 10.1. The lowest BCUT2D eigenvalue weighted by molar-refractivity contribution is -0.162. The maximum absolute atomic E-state index is 12.7. The molecule has 4 rings (SSSR count). The van der Waals surface area contributed by atoms with E-state index in [9.17, 15) is 9.90 Å². The summed E-state index contributed by atoms with van der Waals surface area (Å²) in [6.07, 6.45) is 0.796. The number of aliphatic hydroxyl groups is 1. The van der Waals surface area contributed by atoms with Gasteiger partial charge >= 0.3 is 0 Å². The average Bonchev–Trinajstić information content (AvgIpc) is 2.74. The zero-order chi connectivity index (χ0) is 19.6. The molecule has 1 amide bonds. The van der Waals surface area contributed by atoms with Gasteiger partial charge in [0.2, 0.25) is 0 Å². The molecule has 2 aromatic rings. The van der Waals surface area contributed by atoms with Crippen molar-refractivity contribution in [2.75, 3.05) is 31.1 Å². The van der Waals surface area contributed by atoms with Crippen LogP contribution in [-0.4, -0.2) is 53.8 Å². The average molecular weight is 380 g/mol. The van der Waals surface area contributed by atoms with Gasteiger partial charge in [-0.2, -0.15) is 0 Å². The molecular formula is C23H28N2O3. The van der Waals surface area contributed by atoms with Crippen molar-refractivity contribution >= 4 is 11.6 Å². The minimum Gasteiger partial charge on any atom is -0.387 e. The second-order valence-corrected chi connectivity index (χ2v) is 7.93. The van der Waals surface area contributed by atoms with Crippen LogP contribution in [0, 0.1) is 0 Å². The van der Waals surface area contributed by atoms with Crippen molar-refractivity contribution in [3.05, 3.63) is 66.2 Å². The quantitative estimate of drug-likeness (QED) is 0.886. The zero-order valence-corrected chi connectivity index (χ0v) is 16.3. The fourth-order valence-electron chi connectivity index (χ4n) is 4.32. The molecule has 2 atom stereocenters. The molecule has 2 aliphatic rings. The van der Waals surface area contributed by atoms with E-state index in [1.165, 1.54) is 0 Å². The highest BCUT2D eigenvalue weighted by molar-refractivity contribution is 5.97. The number of rotatable bonds is 4. The van der Waals surface area contributed by atoms with Crippen molar-refractivity contribution in [1.29, 1.82) is 0 Å². The second-order valence-electron chi connectivity index (χ2n) is 7.93. The number of hydrogen-bond donors (Lipinski definition) is 1. The highest BCUT2D eigenvalue weighted by Crippen LogP contribution is 2.35. The number of piperidine rings is 1. The Morgan fingerprint density at radius 1 is 1.07 bits per heavy atom. The van der Waals surface area contributed by atoms with Crippen LogP contribution in [0.2, 0.25) is 0 Å². The number of para-hydroxylation sites is 1. The summed E-state index contributed by atoms with van der Waals surface area (Å²) in [5.41, 5.74) is 1.58. The first kappa shape index (κ1) is 19.1. The summed E-state index contributed by atoms with van der Waals surface area (Å²) in [5, 5.41) is 10.5. The van der Waals surface area contributed by atoms with E-state index in [0.717, 1.165) is 37.2 Å². The highest BCUT2D eigenvalue weighted by atomic mass is 16.5. The van der Waals surface area contributed by atoms with Gasteiger partial charge in [-0.05, 0) is 37.5 Å². The number of aliphatic hydroxyl groups excluding tert-OH is 1. The molecule has 2 heterocycles. The van der Waals surface area contributed by atoms with Crippen LogP contribution in [0.15, 0.2) is 60.7 Å². The molecule has 28 heavy (non-hydrogen) atoms. The lowest BCUT2D eigenvalue weighted by Gasteiger charge is -2.49. The third kappa shape index (κ3) is 3.97. The standard InChI is InChI=1S/C23H28N2O3/c1-18-22(27)25(20-10-6-3-7-11-20)17-23(28-18)12-14-24(15-13-23)16-21(26)19-8-4-2-5-9-19/h2-11,18,21,26H,12-17H2,1H3. The van der Waals surface area contributed by atoms with Crippen LogP contribution in [0.4, 0.5) is 5.69 Å². The maximum Gasteiger partial charge on any atom is 0.255 e. The Morgan fingerprint density at radius 3 is 2.32 bits per heavy atom. The number of β-amino-alcohol motifs (C(OH)–C–C–N with tert-alkyl or cyclic N) is 1. The van der Waals surface area contributed by atoms with Gasteiger partial charge in [0, 0.05) is 25.3 Å². The molecule has 5 nitrogen and oxygen atoms in total. The van der Waals surface area contributed by atoms with Gasteiger partial charge in [-0.25, -0.2) is 0 Å². The van der Waals surface area contributed by atoms with Gasteiger partial charge in [-0.1, -0.05) is 48.5 Å². The predicted octanol–water partition coefficient (Wildman–Crippen LogP) is 3.01. The van der Waals surface area contributed by atoms with E-state index in [-0.39, 0.29) is 11.5 Å². The summed E-state index contributed by atoms with van der Waals surface area (Å²) < 4.78 is 6.24. The number of likely N-dealkylation sites (tertiary alicyclic amines) is 1. The summed E-state index contributed by atoms with van der Waals surface area (Å²) in [7, 11) is 0. The number of carbonyl (C=O) groups excluding carboxylic acids is 1. The Bertz CT molecular complexity index is 788. The molecule has 2 unspecified atom stereocenters. The van der Waals surface area contributed by atoms with Crippen molar-refractivity contribution in [2.24, 2.45) is 0 Å². The molecule has 2 aromatic carbocycles. The van der Waals surface area contributed by atoms with E-state index in [1.54, 1.807) is 0 Å². The van der Waals surface area contributed by atoms with Gasteiger partial charge in [0.05, 0.1) is 18.2 Å². The van der Waals surface area contributed by atoms with E-state index >= 15 is 0 Å². The Kier molecular flexibility index (Phi) is 5.49. The minimum atomic E-state index is -0.483. The van der Waals surface area contributed by atoms with E-state index in [1.807, 2.05) is 72.5 Å². The smallest absolute Gasteiger partial charge is 0.255 e. The maximum atomic E-state index is 12.7. The summed E-state index contributed by atoms with van der Waals surface area (Å²) in [6.45, 7) is 4.78. The van der Waals surface area contributed by atoms with Gasteiger partial charge in [0.1, 0.15) is 6.10 Å². The lowest BCUT2D eigenvalue weighted by Crippen LogP contribution is -2.61. The van der Waals surface area contributed by atoms with Gasteiger partial charge in [0.15, 0.2) is 0 Å². The molecule has 148 valence electrons. The first-order chi connectivity index (χ1) is 13.6. The van der Waals surface area contributed by atoms with E-state index in [4.69, 9.17) is 4.74 Å². The number of anilines is 1. The third-order valence-corrected chi connectivity index (χ3v) is 5.94. The highest BCUT2D eigenvalue weighted by Gasteiger charge is 2.45. The Balaban J connectivity index is 1.41. The molecule has 0 saturated carbocycles. The van der Waals surface area contributed by atoms with E-state index in [2.05, 4.69) is 4.90 Å². The molecule has 0 radical (unpaired) electrons. The fraction of sp³-hybridized carbons (Fsp3) is 0.435. The minimum absolute atomic E-state index is 0.0266. The second kappa shape index (κ2) is 8.03. The molecule has 1 N–H and O–H groups in total. The number of ether oxygens (including phenoxy) is 1. The number of carbonyl (C=O) groups is 1. The summed E-state index contributed by atoms with van der Waals surface area (Å²) in [4.78, 5) is 16.8. The zero-order valence-electron chi connectivity index (χ0n) is 16.3. The van der Waals surface area contributed by atoms with Crippen LogP contribution in [0.5, 0.6) is 0 Å². The van der Waals surface area contributed by atoms with Gasteiger partial charge in [-0.3, -0.25) is 4.79 Å². The van der Waals surface area contributed by atoms with Crippen LogP contribution in [0.1, 0.15) is 31.4 Å². The summed E-state index contributed by atoms with van der Waals surface area (Å²) >= 11 is 0. The van der Waals surface area contributed by atoms with Crippen molar-refractivity contribution in [3.8, 4) is 0 Å². The number of morpholine rings is 1. The largest absolute Gasteiger partial charge is 0.387 e. The third-order valence-electron chi connectivity index (χ3n) is 5.94. The first-order valence-electron chi connectivity index (χ1n) is 10.1. The predicted molar refractivity (Wildman–Crippen MR) is 109 cm³/mol. The van der Waals surface area contributed by atoms with Gasteiger partial charge in [-0.15, -0.1) is 0 Å². The lowest BCUT2D eigenvalue weighted by atomic mass is 9.88. The van der Waals surface area contributed by atoms with Crippen LogP contribution >= 0.6 is 0 Å². The Labute approximate surface area is 166 Å². The van der Waals surface area contributed by atoms with Crippen molar-refractivity contribution < 1.29 is 14.6 Å². The molecule has 0 bridgehead atoms. The van der Waals surface area contributed by atoms with Crippen LogP contribution < -0.4 is 4.90 Å². The number of amides is 1. The summed E-state index contributed by atoms with van der Waals surface area (Å²) in [6, 6.07) is 19.6. The van der Waals surface area contributed by atoms with Crippen LogP contribution in [0.3, 0.4) is 0 Å². The molecular weight excluding hydrogens is 352 g/mol. The Morgan fingerprint density at radius 2 is 1.68 bits per heavy atom. The number of hydrogen-bond acceptors (Lipinski definition) is 4. The fourth-order valence-corrected chi connectivity index (χ4v) is 4.32. The van der Waals surface area contributed by atoms with E-state index in [0.29, 0.717) is 13.1 Å². The van der Waals surface area contributed by atoms with Crippen LogP contribution in [-0.2, 0) is 9.53 Å². The van der Waals surface area contributed by atoms with Crippen LogP contribution in [0.25, 0.3) is 0 Å². The van der Waals surface area contributed by atoms with Crippen molar-refractivity contribution in [2.45, 2.75) is 37.6 Å². The van der Waals surface area contributed by atoms with Gasteiger partial charge in [0.25, 0.3) is 5.91 Å². The molecule has 1 spiro atoms. The van der Waals surface area contributed by atoms with Crippen molar-refractivity contribution in [1.82, 2.24) is 4.90 Å².